The van der Waals surface area contributed by atoms with E-state index < -0.39 is 5.82 Å². The van der Waals surface area contributed by atoms with Gasteiger partial charge in [0.25, 0.3) is 5.91 Å². The molecule has 3 rings (SSSR count). The van der Waals surface area contributed by atoms with Gasteiger partial charge in [-0.3, -0.25) is 4.79 Å². The zero-order chi connectivity index (χ0) is 16.4. The van der Waals surface area contributed by atoms with Crippen molar-refractivity contribution in [2.45, 2.75) is 6.92 Å². The second kappa shape index (κ2) is 6.26. The molecule has 0 saturated carbocycles. The third kappa shape index (κ3) is 3.43. The highest BCUT2D eigenvalue weighted by atomic mass is 35.5. The second-order valence-electron chi connectivity index (χ2n) is 5.12. The summed E-state index contributed by atoms with van der Waals surface area (Å²) in [4.78, 5) is 12.2. The summed E-state index contributed by atoms with van der Waals surface area (Å²) in [7, 11) is 0. The molecular formula is C18H13ClFNO2. The molecule has 1 heterocycles. The van der Waals surface area contributed by atoms with Gasteiger partial charge in [0.1, 0.15) is 11.6 Å². The maximum Gasteiger partial charge on any atom is 0.291 e. The van der Waals surface area contributed by atoms with Crippen LogP contribution in [-0.4, -0.2) is 5.91 Å². The van der Waals surface area contributed by atoms with Gasteiger partial charge in [0.05, 0.1) is 5.02 Å². The van der Waals surface area contributed by atoms with Gasteiger partial charge in [0.15, 0.2) is 5.76 Å². The van der Waals surface area contributed by atoms with E-state index in [4.69, 9.17) is 16.0 Å². The van der Waals surface area contributed by atoms with Gasteiger partial charge in [0, 0.05) is 11.3 Å². The Hall–Kier alpha value is -2.59. The predicted octanol–water partition coefficient (Wildman–Crippen LogP) is 5.30. The number of hydrogen-bond acceptors (Lipinski definition) is 2. The van der Waals surface area contributed by atoms with Crippen LogP contribution in [-0.2, 0) is 0 Å². The molecule has 1 aromatic heterocycles. The van der Waals surface area contributed by atoms with Crippen molar-refractivity contribution in [1.82, 2.24) is 0 Å². The van der Waals surface area contributed by atoms with Crippen LogP contribution in [0.15, 0.2) is 59.0 Å². The smallest absolute Gasteiger partial charge is 0.291 e. The Bertz CT molecular complexity index is 873. The minimum absolute atomic E-state index is 0.00432. The molecule has 0 spiro atoms. The van der Waals surface area contributed by atoms with Gasteiger partial charge in [0.2, 0.25) is 0 Å². The monoisotopic (exact) mass is 329 g/mol. The molecule has 5 heteroatoms. The van der Waals surface area contributed by atoms with Crippen molar-refractivity contribution < 1.29 is 13.6 Å². The molecule has 0 atom stereocenters. The van der Waals surface area contributed by atoms with Crippen molar-refractivity contribution in [2.24, 2.45) is 0 Å². The van der Waals surface area contributed by atoms with E-state index in [0.717, 1.165) is 5.56 Å². The van der Waals surface area contributed by atoms with Crippen molar-refractivity contribution in [3.05, 3.63) is 76.8 Å². The molecule has 0 aliphatic rings. The molecule has 3 aromatic rings. The van der Waals surface area contributed by atoms with Crippen LogP contribution >= 0.6 is 11.6 Å². The summed E-state index contributed by atoms with van der Waals surface area (Å²) >= 11 is 5.76. The number of nitrogens with one attached hydrogen (secondary N) is 1. The van der Waals surface area contributed by atoms with Crippen molar-refractivity contribution in [3.8, 4) is 11.3 Å². The first kappa shape index (κ1) is 15.3. The zero-order valence-corrected chi connectivity index (χ0v) is 13.0. The SMILES string of the molecule is Cc1cccc(NC(=O)c2ccc(-c3ccc(F)c(Cl)c3)o2)c1. The maximum absolute atomic E-state index is 13.2. The van der Waals surface area contributed by atoms with Crippen LogP contribution in [0, 0.1) is 12.7 Å². The Morgan fingerprint density at radius 2 is 1.96 bits per heavy atom. The summed E-state index contributed by atoms with van der Waals surface area (Å²) in [6.07, 6.45) is 0. The van der Waals surface area contributed by atoms with E-state index >= 15 is 0 Å². The van der Waals surface area contributed by atoms with Gasteiger partial charge < -0.3 is 9.73 Å². The van der Waals surface area contributed by atoms with E-state index in [1.54, 1.807) is 24.3 Å². The second-order valence-corrected chi connectivity index (χ2v) is 5.52. The summed E-state index contributed by atoms with van der Waals surface area (Å²) < 4.78 is 18.7. The van der Waals surface area contributed by atoms with E-state index in [-0.39, 0.29) is 16.7 Å². The Morgan fingerprint density at radius 3 is 2.70 bits per heavy atom. The fourth-order valence-electron chi connectivity index (χ4n) is 2.18. The summed E-state index contributed by atoms with van der Waals surface area (Å²) in [5.41, 5.74) is 2.34. The molecule has 0 saturated heterocycles. The molecule has 116 valence electrons. The molecule has 1 amide bonds. The lowest BCUT2D eigenvalue weighted by atomic mass is 10.2. The summed E-state index contributed by atoms with van der Waals surface area (Å²) in [5, 5.41) is 2.77. The summed E-state index contributed by atoms with van der Waals surface area (Å²) in [6, 6.07) is 14.9. The Balaban J connectivity index is 1.81. The third-order valence-corrected chi connectivity index (χ3v) is 3.60. The van der Waals surface area contributed by atoms with Crippen LogP contribution in [0.5, 0.6) is 0 Å². The number of furan rings is 1. The van der Waals surface area contributed by atoms with Crippen molar-refractivity contribution in [2.75, 3.05) is 5.32 Å². The van der Waals surface area contributed by atoms with Crippen molar-refractivity contribution in [3.63, 3.8) is 0 Å². The fraction of sp³-hybridized carbons (Fsp3) is 0.0556. The fourth-order valence-corrected chi connectivity index (χ4v) is 2.36. The minimum Gasteiger partial charge on any atom is -0.451 e. The van der Waals surface area contributed by atoms with Crippen LogP contribution in [0.1, 0.15) is 16.1 Å². The summed E-state index contributed by atoms with van der Waals surface area (Å²) in [6.45, 7) is 1.94. The number of amides is 1. The lowest BCUT2D eigenvalue weighted by Crippen LogP contribution is -2.10. The highest BCUT2D eigenvalue weighted by Crippen LogP contribution is 2.27. The molecule has 0 aliphatic carbocycles. The van der Waals surface area contributed by atoms with Gasteiger partial charge in [-0.2, -0.15) is 0 Å². The topological polar surface area (TPSA) is 42.2 Å². The number of benzene rings is 2. The lowest BCUT2D eigenvalue weighted by molar-refractivity contribution is 0.0997. The number of carbonyl (C=O) groups is 1. The Kier molecular flexibility index (Phi) is 4.17. The number of halogens is 2. The lowest BCUT2D eigenvalue weighted by Gasteiger charge is -2.04. The highest BCUT2D eigenvalue weighted by Gasteiger charge is 2.13. The number of carbonyl (C=O) groups excluding carboxylic acids is 1. The van der Waals surface area contributed by atoms with Gasteiger partial charge in [-0.15, -0.1) is 0 Å². The van der Waals surface area contributed by atoms with Crippen LogP contribution < -0.4 is 5.32 Å². The number of rotatable bonds is 3. The molecule has 2 aromatic carbocycles. The van der Waals surface area contributed by atoms with E-state index in [9.17, 15) is 9.18 Å². The number of anilines is 1. The van der Waals surface area contributed by atoms with Gasteiger partial charge >= 0.3 is 0 Å². The average molecular weight is 330 g/mol. The molecule has 3 nitrogen and oxygen atoms in total. The maximum atomic E-state index is 13.2. The molecule has 0 aliphatic heterocycles. The molecule has 23 heavy (non-hydrogen) atoms. The first-order chi connectivity index (χ1) is 11.0. The largest absolute Gasteiger partial charge is 0.451 e. The molecule has 0 fully saturated rings. The molecule has 0 unspecified atom stereocenters. The number of hydrogen-bond donors (Lipinski definition) is 1. The van der Waals surface area contributed by atoms with Gasteiger partial charge in [-0.1, -0.05) is 23.7 Å². The summed E-state index contributed by atoms with van der Waals surface area (Å²) in [5.74, 6) is -0.238. The van der Waals surface area contributed by atoms with Crippen molar-refractivity contribution in [1.29, 1.82) is 0 Å². The Labute approximate surface area is 137 Å². The van der Waals surface area contributed by atoms with Crippen molar-refractivity contribution >= 4 is 23.2 Å². The predicted molar refractivity (Wildman–Crippen MR) is 88.2 cm³/mol. The standard InChI is InChI=1S/C18H13ClFNO2/c1-11-3-2-4-13(9-11)21-18(22)17-8-7-16(23-17)12-5-6-15(20)14(19)10-12/h2-10H,1H3,(H,21,22). The molecule has 0 bridgehead atoms. The minimum atomic E-state index is -0.501. The highest BCUT2D eigenvalue weighted by molar-refractivity contribution is 6.31. The van der Waals surface area contributed by atoms with Gasteiger partial charge in [-0.25, -0.2) is 4.39 Å². The van der Waals surface area contributed by atoms with Crippen LogP contribution in [0.4, 0.5) is 10.1 Å². The average Bonchev–Trinajstić information content (AvgIpc) is 3.00. The van der Waals surface area contributed by atoms with E-state index in [1.807, 2.05) is 25.1 Å². The van der Waals surface area contributed by atoms with Crippen LogP contribution in [0.3, 0.4) is 0 Å². The first-order valence-electron chi connectivity index (χ1n) is 6.96. The number of aryl methyl sites for hydroxylation is 1. The zero-order valence-electron chi connectivity index (χ0n) is 12.3. The van der Waals surface area contributed by atoms with Crippen LogP contribution in [0.2, 0.25) is 5.02 Å². The molecular weight excluding hydrogens is 317 g/mol. The van der Waals surface area contributed by atoms with Crippen LogP contribution in [0.25, 0.3) is 11.3 Å². The Morgan fingerprint density at radius 1 is 1.13 bits per heavy atom. The van der Waals surface area contributed by atoms with Gasteiger partial charge in [-0.05, 0) is 55.0 Å². The molecule has 0 radical (unpaired) electrons. The molecule has 1 N–H and O–H groups in total. The third-order valence-electron chi connectivity index (χ3n) is 3.31. The van der Waals surface area contributed by atoms with E-state index in [2.05, 4.69) is 5.32 Å². The van der Waals surface area contributed by atoms with E-state index in [1.165, 1.54) is 12.1 Å². The first-order valence-corrected chi connectivity index (χ1v) is 7.34. The normalized spacial score (nSPS) is 10.6. The quantitative estimate of drug-likeness (QED) is 0.708. The van der Waals surface area contributed by atoms with E-state index in [0.29, 0.717) is 17.0 Å².